The van der Waals surface area contributed by atoms with E-state index in [2.05, 4.69) is 10.6 Å². The molecule has 0 unspecified atom stereocenters. The van der Waals surface area contributed by atoms with E-state index < -0.39 is 0 Å². The first-order valence-corrected chi connectivity index (χ1v) is 8.84. The van der Waals surface area contributed by atoms with Crippen molar-refractivity contribution in [1.82, 2.24) is 10.6 Å². The number of thioether (sulfide) groups is 1. The largest absolute Gasteiger partial charge is 0.354 e. The van der Waals surface area contributed by atoms with Crippen LogP contribution < -0.4 is 10.6 Å². The Morgan fingerprint density at radius 1 is 0.958 bits per heavy atom. The van der Waals surface area contributed by atoms with Crippen molar-refractivity contribution in [1.29, 1.82) is 0 Å². The first kappa shape index (κ1) is 18.1. The van der Waals surface area contributed by atoms with Gasteiger partial charge in [-0.25, -0.2) is 0 Å². The van der Waals surface area contributed by atoms with E-state index in [1.165, 1.54) is 4.90 Å². The average Bonchev–Trinajstić information content (AvgIpc) is 2.56. The van der Waals surface area contributed by atoms with Crippen molar-refractivity contribution in [2.24, 2.45) is 0 Å². The molecule has 2 N–H and O–H groups in total. The summed E-state index contributed by atoms with van der Waals surface area (Å²) < 4.78 is 0. The maximum atomic E-state index is 12.1. The molecule has 126 valence electrons. The number of hydrogen-bond acceptors (Lipinski definition) is 3. The van der Waals surface area contributed by atoms with Gasteiger partial charge in [0.25, 0.3) is 5.91 Å². The summed E-state index contributed by atoms with van der Waals surface area (Å²) in [5.41, 5.74) is 2.64. The summed E-state index contributed by atoms with van der Waals surface area (Å²) in [5, 5.41) is 5.46. The summed E-state index contributed by atoms with van der Waals surface area (Å²) in [5.74, 6) is 0.387. The normalized spacial score (nSPS) is 10.2. The highest BCUT2D eigenvalue weighted by Gasteiger charge is 2.08. The lowest BCUT2D eigenvalue weighted by Gasteiger charge is -2.08. The minimum atomic E-state index is -0.226. The highest BCUT2D eigenvalue weighted by molar-refractivity contribution is 7.99. The van der Waals surface area contributed by atoms with Crippen LogP contribution in [0.4, 0.5) is 0 Å². The first-order chi connectivity index (χ1) is 11.5. The van der Waals surface area contributed by atoms with E-state index in [1.54, 1.807) is 11.8 Å². The molecular weight excluding hydrogens is 320 g/mol. The smallest absolute Gasteiger partial charge is 0.251 e. The Kier molecular flexibility index (Phi) is 6.88. The summed E-state index contributed by atoms with van der Waals surface area (Å²) in [6.45, 7) is 4.45. The van der Waals surface area contributed by atoms with Crippen LogP contribution in [0.3, 0.4) is 0 Å². The number of hydrogen-bond donors (Lipinski definition) is 2. The Morgan fingerprint density at radius 3 is 2.29 bits per heavy atom. The van der Waals surface area contributed by atoms with E-state index >= 15 is 0 Å². The Morgan fingerprint density at radius 2 is 1.62 bits per heavy atom. The van der Waals surface area contributed by atoms with Crippen LogP contribution in [0.2, 0.25) is 0 Å². The van der Waals surface area contributed by atoms with Crippen molar-refractivity contribution < 1.29 is 9.59 Å². The lowest BCUT2D eigenvalue weighted by Crippen LogP contribution is -2.37. The molecule has 0 bridgehead atoms. The Bertz CT molecular complexity index is 682. The van der Waals surface area contributed by atoms with Crippen molar-refractivity contribution in [2.75, 3.05) is 18.8 Å². The second-order valence-electron chi connectivity index (χ2n) is 5.57. The second kappa shape index (κ2) is 9.13. The van der Waals surface area contributed by atoms with Crippen LogP contribution in [0.5, 0.6) is 0 Å². The highest BCUT2D eigenvalue weighted by atomic mass is 32.2. The molecule has 5 heteroatoms. The minimum absolute atomic E-state index is 0.0121. The van der Waals surface area contributed by atoms with Gasteiger partial charge in [0.05, 0.1) is 6.54 Å². The fourth-order valence-corrected chi connectivity index (χ4v) is 3.10. The maximum absolute atomic E-state index is 12.1. The van der Waals surface area contributed by atoms with E-state index in [-0.39, 0.29) is 18.4 Å². The Balaban J connectivity index is 1.68. The number of nitrogens with one attached hydrogen (secondary N) is 2. The zero-order valence-corrected chi connectivity index (χ0v) is 14.8. The van der Waals surface area contributed by atoms with Gasteiger partial charge in [-0.3, -0.25) is 9.59 Å². The van der Waals surface area contributed by atoms with E-state index in [4.69, 9.17) is 0 Å². The molecule has 24 heavy (non-hydrogen) atoms. The van der Waals surface area contributed by atoms with Crippen LogP contribution in [0.25, 0.3) is 0 Å². The van der Waals surface area contributed by atoms with Crippen molar-refractivity contribution in [3.05, 3.63) is 65.2 Å². The van der Waals surface area contributed by atoms with Gasteiger partial charge in [0, 0.05) is 22.8 Å². The molecule has 2 rings (SSSR count). The number of aryl methyl sites for hydroxylation is 2. The van der Waals surface area contributed by atoms with Crippen molar-refractivity contribution >= 4 is 23.6 Å². The molecule has 2 amide bonds. The van der Waals surface area contributed by atoms with Gasteiger partial charge in [0.1, 0.15) is 0 Å². The Hall–Kier alpha value is -2.27. The van der Waals surface area contributed by atoms with E-state index in [0.29, 0.717) is 12.1 Å². The number of carbonyl (C=O) groups excluding carboxylic acids is 2. The first-order valence-electron chi connectivity index (χ1n) is 7.85. The fraction of sp³-hybridized carbons (Fsp3) is 0.263. The molecule has 2 aromatic rings. The molecule has 0 aromatic heterocycles. The lowest BCUT2D eigenvalue weighted by molar-refractivity contribution is -0.120. The molecule has 2 aromatic carbocycles. The Labute approximate surface area is 147 Å². The quantitative estimate of drug-likeness (QED) is 0.601. The molecule has 0 heterocycles. The molecule has 0 aliphatic heterocycles. The zero-order valence-electron chi connectivity index (χ0n) is 14.0. The summed E-state index contributed by atoms with van der Waals surface area (Å²) >= 11 is 1.68. The summed E-state index contributed by atoms with van der Waals surface area (Å²) in [6, 6.07) is 15.7. The molecular formula is C19H22N2O2S. The van der Waals surface area contributed by atoms with Gasteiger partial charge >= 0.3 is 0 Å². The maximum Gasteiger partial charge on any atom is 0.251 e. The standard InChI is InChI=1S/C19H22N2O2S/c1-14-10-15(2)12-16(11-14)19(23)21-13-18(22)20-8-9-24-17-6-4-3-5-7-17/h3-7,10-12H,8-9,13H2,1-2H3,(H,20,22)(H,21,23). The van der Waals surface area contributed by atoms with Crippen molar-refractivity contribution in [3.8, 4) is 0 Å². The van der Waals surface area contributed by atoms with Crippen LogP contribution in [-0.4, -0.2) is 30.7 Å². The van der Waals surface area contributed by atoms with Gasteiger partial charge < -0.3 is 10.6 Å². The highest BCUT2D eigenvalue weighted by Crippen LogP contribution is 2.15. The molecule has 0 atom stereocenters. The molecule has 0 saturated carbocycles. The van der Waals surface area contributed by atoms with Gasteiger partial charge in [0.2, 0.25) is 5.91 Å². The lowest BCUT2D eigenvalue weighted by atomic mass is 10.1. The third kappa shape index (κ3) is 6.08. The van der Waals surface area contributed by atoms with Crippen LogP contribution in [0, 0.1) is 13.8 Å². The van der Waals surface area contributed by atoms with Gasteiger partial charge in [-0.15, -0.1) is 11.8 Å². The third-order valence-electron chi connectivity index (χ3n) is 3.33. The van der Waals surface area contributed by atoms with Crippen molar-refractivity contribution in [3.63, 3.8) is 0 Å². The SMILES string of the molecule is Cc1cc(C)cc(C(=O)NCC(=O)NCCSc2ccccc2)c1. The van der Waals surface area contributed by atoms with E-state index in [9.17, 15) is 9.59 Å². The molecule has 0 aliphatic carbocycles. The average molecular weight is 342 g/mol. The van der Waals surface area contributed by atoms with Crippen molar-refractivity contribution in [2.45, 2.75) is 18.7 Å². The monoisotopic (exact) mass is 342 g/mol. The topological polar surface area (TPSA) is 58.2 Å². The van der Waals surface area contributed by atoms with Gasteiger partial charge in [-0.2, -0.15) is 0 Å². The zero-order chi connectivity index (χ0) is 17.4. The summed E-state index contributed by atoms with van der Waals surface area (Å²) in [7, 11) is 0. The molecule has 4 nitrogen and oxygen atoms in total. The van der Waals surface area contributed by atoms with Gasteiger partial charge in [-0.05, 0) is 38.1 Å². The van der Waals surface area contributed by atoms with Crippen LogP contribution in [0.1, 0.15) is 21.5 Å². The van der Waals surface area contributed by atoms with Gasteiger partial charge in [-0.1, -0.05) is 35.4 Å². The molecule has 0 fully saturated rings. The minimum Gasteiger partial charge on any atom is -0.354 e. The number of carbonyl (C=O) groups is 2. The summed E-state index contributed by atoms with van der Waals surface area (Å²) in [4.78, 5) is 25.0. The fourth-order valence-electron chi connectivity index (χ4n) is 2.31. The number of benzene rings is 2. The third-order valence-corrected chi connectivity index (χ3v) is 4.34. The molecule has 0 radical (unpaired) electrons. The van der Waals surface area contributed by atoms with Crippen LogP contribution >= 0.6 is 11.8 Å². The predicted molar refractivity (Wildman–Crippen MR) is 98.4 cm³/mol. The summed E-state index contributed by atoms with van der Waals surface area (Å²) in [6.07, 6.45) is 0. The van der Waals surface area contributed by atoms with Crippen LogP contribution in [0.15, 0.2) is 53.4 Å². The molecule has 0 spiro atoms. The molecule has 0 saturated heterocycles. The van der Waals surface area contributed by atoms with E-state index in [1.807, 2.05) is 62.4 Å². The second-order valence-corrected chi connectivity index (χ2v) is 6.74. The van der Waals surface area contributed by atoms with Gasteiger partial charge in [0.15, 0.2) is 0 Å². The van der Waals surface area contributed by atoms with Crippen LogP contribution in [-0.2, 0) is 4.79 Å². The predicted octanol–water partition coefficient (Wildman–Crippen LogP) is 2.94. The molecule has 0 aliphatic rings. The number of rotatable bonds is 7. The van der Waals surface area contributed by atoms with E-state index in [0.717, 1.165) is 16.9 Å². The number of amides is 2.